The Kier molecular flexibility index (Phi) is 3.46. The van der Waals surface area contributed by atoms with Crippen molar-refractivity contribution in [2.75, 3.05) is 26.2 Å². The summed E-state index contributed by atoms with van der Waals surface area (Å²) in [4.78, 5) is 10.3. The zero-order chi connectivity index (χ0) is 12.5. The number of H-pyrrole nitrogens is 1. The molecule has 1 atom stereocenters. The summed E-state index contributed by atoms with van der Waals surface area (Å²) in [7, 11) is 0. The van der Waals surface area contributed by atoms with E-state index in [0.717, 1.165) is 32.1 Å². The van der Waals surface area contributed by atoms with Crippen LogP contribution in [0.4, 0.5) is 0 Å². The molecule has 2 aliphatic rings. The van der Waals surface area contributed by atoms with E-state index in [2.05, 4.69) is 21.8 Å². The van der Waals surface area contributed by atoms with Crippen molar-refractivity contribution in [1.82, 2.24) is 14.9 Å². The minimum absolute atomic E-state index is 0.0408. The number of aromatic amines is 1. The van der Waals surface area contributed by atoms with E-state index < -0.39 is 0 Å². The third-order valence-electron chi connectivity index (χ3n) is 3.70. The number of nitrogens with zero attached hydrogens (tertiary/aromatic N) is 2. The maximum Gasteiger partial charge on any atom is 0.138 e. The molecule has 1 aliphatic carbocycles. The van der Waals surface area contributed by atoms with Crippen LogP contribution in [0, 0.1) is 4.64 Å². The summed E-state index contributed by atoms with van der Waals surface area (Å²) in [5.74, 6) is 1.57. The minimum atomic E-state index is 0.0408. The van der Waals surface area contributed by atoms with Crippen molar-refractivity contribution in [3.8, 4) is 0 Å². The molecule has 3 rings (SSSR count). The highest BCUT2D eigenvalue weighted by atomic mass is 32.1. The average Bonchev–Trinajstić information content (AvgIpc) is 3.22. The van der Waals surface area contributed by atoms with Gasteiger partial charge in [-0.15, -0.1) is 0 Å². The Hall–Kier alpha value is -0.780. The predicted molar refractivity (Wildman–Crippen MR) is 72.2 cm³/mol. The maximum atomic E-state index is 5.82. The van der Waals surface area contributed by atoms with Crippen LogP contribution in [0.1, 0.15) is 43.3 Å². The van der Waals surface area contributed by atoms with Crippen molar-refractivity contribution in [3.05, 3.63) is 22.2 Å². The second-order valence-corrected chi connectivity index (χ2v) is 5.51. The van der Waals surface area contributed by atoms with E-state index in [9.17, 15) is 0 Å². The molecule has 2 fully saturated rings. The summed E-state index contributed by atoms with van der Waals surface area (Å²) in [6.07, 6.45) is 2.57. The summed E-state index contributed by atoms with van der Waals surface area (Å²) in [5.41, 5.74) is 1.24. The second-order valence-electron chi connectivity index (χ2n) is 5.09. The van der Waals surface area contributed by atoms with Gasteiger partial charge >= 0.3 is 0 Å². The molecule has 1 saturated carbocycles. The molecule has 0 radical (unpaired) electrons. The smallest absolute Gasteiger partial charge is 0.138 e. The van der Waals surface area contributed by atoms with Crippen LogP contribution in [0.5, 0.6) is 0 Å². The van der Waals surface area contributed by atoms with Gasteiger partial charge in [0.05, 0.1) is 6.61 Å². The molecule has 1 aromatic rings. The Bertz CT molecular complexity index is 483. The molecule has 18 heavy (non-hydrogen) atoms. The third kappa shape index (κ3) is 2.63. The summed E-state index contributed by atoms with van der Waals surface area (Å²) < 4.78 is 6.51. The van der Waals surface area contributed by atoms with E-state index in [1.54, 1.807) is 0 Å². The standard InChI is InChI=1S/C13H19N3OS/c1-2-16-5-6-17-11(8-16)13-14-10(9-3-4-9)7-12(18)15-13/h7,9,11H,2-6,8H2,1H3,(H,14,15,18). The van der Waals surface area contributed by atoms with Gasteiger partial charge in [0.25, 0.3) is 0 Å². The van der Waals surface area contributed by atoms with E-state index in [1.807, 2.05) is 6.07 Å². The van der Waals surface area contributed by atoms with Gasteiger partial charge in [-0.1, -0.05) is 19.1 Å². The van der Waals surface area contributed by atoms with E-state index in [0.29, 0.717) is 10.6 Å². The fourth-order valence-corrected chi connectivity index (χ4v) is 2.64. The summed E-state index contributed by atoms with van der Waals surface area (Å²) in [5, 5.41) is 0. The van der Waals surface area contributed by atoms with Crippen molar-refractivity contribution in [2.24, 2.45) is 0 Å². The van der Waals surface area contributed by atoms with Crippen molar-refractivity contribution in [3.63, 3.8) is 0 Å². The highest BCUT2D eigenvalue weighted by molar-refractivity contribution is 7.71. The van der Waals surface area contributed by atoms with E-state index in [1.165, 1.54) is 18.5 Å². The quantitative estimate of drug-likeness (QED) is 0.852. The predicted octanol–water partition coefficient (Wildman–Crippen LogP) is 2.41. The molecule has 1 aromatic heterocycles. The van der Waals surface area contributed by atoms with Gasteiger partial charge in [0.15, 0.2) is 0 Å². The molecule has 0 spiro atoms. The molecule has 1 saturated heterocycles. The molecular weight excluding hydrogens is 246 g/mol. The van der Waals surface area contributed by atoms with Crippen LogP contribution in [-0.4, -0.2) is 41.1 Å². The number of hydrogen-bond acceptors (Lipinski definition) is 4. The first-order valence-electron chi connectivity index (χ1n) is 6.71. The Labute approximate surface area is 112 Å². The van der Waals surface area contributed by atoms with E-state index in [4.69, 9.17) is 17.0 Å². The largest absolute Gasteiger partial charge is 0.368 e. The van der Waals surface area contributed by atoms with Gasteiger partial charge in [-0.3, -0.25) is 4.90 Å². The average molecular weight is 265 g/mol. The first-order valence-corrected chi connectivity index (χ1v) is 7.12. The van der Waals surface area contributed by atoms with Crippen molar-refractivity contribution in [1.29, 1.82) is 0 Å². The Morgan fingerprint density at radius 3 is 3.11 bits per heavy atom. The molecule has 98 valence electrons. The van der Waals surface area contributed by atoms with Crippen LogP contribution in [0.3, 0.4) is 0 Å². The Balaban J connectivity index is 1.84. The molecule has 4 nitrogen and oxygen atoms in total. The van der Waals surface area contributed by atoms with E-state index in [-0.39, 0.29) is 6.10 Å². The van der Waals surface area contributed by atoms with Gasteiger partial charge in [0.2, 0.25) is 0 Å². The molecular formula is C13H19N3OS. The number of aromatic nitrogens is 2. The molecule has 2 heterocycles. The number of morpholine rings is 1. The monoisotopic (exact) mass is 265 g/mol. The first kappa shape index (κ1) is 12.3. The number of hydrogen-bond donors (Lipinski definition) is 1. The van der Waals surface area contributed by atoms with Crippen LogP contribution in [-0.2, 0) is 4.74 Å². The molecule has 0 amide bonds. The third-order valence-corrected chi connectivity index (χ3v) is 3.91. The van der Waals surface area contributed by atoms with Crippen LogP contribution in [0.25, 0.3) is 0 Å². The zero-order valence-corrected chi connectivity index (χ0v) is 11.5. The lowest BCUT2D eigenvalue weighted by Crippen LogP contribution is -2.38. The number of rotatable bonds is 3. The highest BCUT2D eigenvalue weighted by Gasteiger charge is 2.27. The maximum absolute atomic E-state index is 5.82. The van der Waals surface area contributed by atoms with Crippen molar-refractivity contribution >= 4 is 12.2 Å². The first-order chi connectivity index (χ1) is 8.76. The number of likely N-dealkylation sites (N-methyl/N-ethyl adjacent to an activating group) is 1. The molecule has 5 heteroatoms. The van der Waals surface area contributed by atoms with Gasteiger partial charge in [-0.25, -0.2) is 4.98 Å². The van der Waals surface area contributed by atoms with E-state index >= 15 is 0 Å². The molecule has 0 aromatic carbocycles. The van der Waals surface area contributed by atoms with Crippen LogP contribution < -0.4 is 0 Å². The van der Waals surface area contributed by atoms with Crippen LogP contribution in [0.2, 0.25) is 0 Å². The van der Waals surface area contributed by atoms with Gasteiger partial charge in [0, 0.05) is 18.8 Å². The fraction of sp³-hybridized carbons (Fsp3) is 0.692. The Morgan fingerprint density at radius 1 is 1.56 bits per heavy atom. The van der Waals surface area contributed by atoms with Crippen LogP contribution >= 0.6 is 12.2 Å². The van der Waals surface area contributed by atoms with Crippen molar-refractivity contribution < 1.29 is 4.74 Å². The van der Waals surface area contributed by atoms with Gasteiger partial charge < -0.3 is 9.72 Å². The minimum Gasteiger partial charge on any atom is -0.368 e. The van der Waals surface area contributed by atoms with Crippen molar-refractivity contribution in [2.45, 2.75) is 31.8 Å². The lowest BCUT2D eigenvalue weighted by Gasteiger charge is -2.31. The fourth-order valence-electron chi connectivity index (χ4n) is 2.42. The Morgan fingerprint density at radius 2 is 2.39 bits per heavy atom. The molecule has 1 aliphatic heterocycles. The molecule has 1 unspecified atom stereocenters. The molecule has 0 bridgehead atoms. The second kappa shape index (κ2) is 5.07. The summed E-state index contributed by atoms with van der Waals surface area (Å²) in [6.45, 7) is 5.93. The molecule has 1 N–H and O–H groups in total. The van der Waals surface area contributed by atoms with Gasteiger partial charge in [-0.2, -0.15) is 0 Å². The van der Waals surface area contributed by atoms with Crippen LogP contribution in [0.15, 0.2) is 6.07 Å². The zero-order valence-electron chi connectivity index (χ0n) is 10.7. The lowest BCUT2D eigenvalue weighted by molar-refractivity contribution is -0.0327. The van der Waals surface area contributed by atoms with Gasteiger partial charge in [-0.05, 0) is 31.4 Å². The summed E-state index contributed by atoms with van der Waals surface area (Å²) in [6, 6.07) is 2.00. The summed E-state index contributed by atoms with van der Waals surface area (Å²) >= 11 is 5.26. The SMILES string of the molecule is CCN1CCOC(c2nc(=S)cc(C3CC3)[nH]2)C1. The number of ether oxygens (including phenoxy) is 1. The normalized spacial score (nSPS) is 25.3. The topological polar surface area (TPSA) is 41.1 Å². The highest BCUT2D eigenvalue weighted by Crippen LogP contribution is 2.39. The lowest BCUT2D eigenvalue weighted by atomic mass is 10.2. The van der Waals surface area contributed by atoms with Gasteiger partial charge in [0.1, 0.15) is 16.6 Å². The number of nitrogens with one attached hydrogen (secondary N) is 1.